The SMILES string of the molecule is COc1nc(NCCCCCC(=O)O)nc(OC)n1. The number of carboxylic acid groups (broad SMARTS) is 1. The van der Waals surface area contributed by atoms with E-state index in [0.717, 1.165) is 12.8 Å². The first-order valence-electron chi connectivity index (χ1n) is 5.95. The molecule has 0 bridgehead atoms. The number of aliphatic carboxylic acids is 1. The molecule has 1 aromatic rings. The molecule has 106 valence electrons. The Hall–Kier alpha value is -2.12. The molecule has 8 heteroatoms. The second-order valence-electron chi connectivity index (χ2n) is 3.76. The smallest absolute Gasteiger partial charge is 0.324 e. The van der Waals surface area contributed by atoms with Gasteiger partial charge in [-0.3, -0.25) is 4.79 Å². The first kappa shape index (κ1) is 14.9. The molecule has 19 heavy (non-hydrogen) atoms. The first-order chi connectivity index (χ1) is 9.15. The largest absolute Gasteiger partial charge is 0.481 e. The molecule has 0 saturated heterocycles. The van der Waals surface area contributed by atoms with Gasteiger partial charge in [0, 0.05) is 13.0 Å². The van der Waals surface area contributed by atoms with Gasteiger partial charge in [0.25, 0.3) is 0 Å². The Kier molecular flexibility index (Phi) is 6.34. The minimum absolute atomic E-state index is 0.181. The summed E-state index contributed by atoms with van der Waals surface area (Å²) in [5.41, 5.74) is 0. The predicted molar refractivity (Wildman–Crippen MR) is 67.5 cm³/mol. The van der Waals surface area contributed by atoms with Gasteiger partial charge < -0.3 is 19.9 Å². The molecule has 2 N–H and O–H groups in total. The highest BCUT2D eigenvalue weighted by molar-refractivity contribution is 5.66. The normalized spacial score (nSPS) is 10.0. The lowest BCUT2D eigenvalue weighted by atomic mass is 10.2. The van der Waals surface area contributed by atoms with Gasteiger partial charge in [-0.05, 0) is 12.8 Å². The van der Waals surface area contributed by atoms with Crippen LogP contribution in [0.2, 0.25) is 0 Å². The van der Waals surface area contributed by atoms with Gasteiger partial charge in [0.05, 0.1) is 14.2 Å². The number of nitrogens with one attached hydrogen (secondary N) is 1. The summed E-state index contributed by atoms with van der Waals surface area (Å²) in [6.07, 6.45) is 2.54. The van der Waals surface area contributed by atoms with Crippen LogP contribution in [0.25, 0.3) is 0 Å². The van der Waals surface area contributed by atoms with E-state index in [-0.39, 0.29) is 18.4 Å². The van der Waals surface area contributed by atoms with E-state index in [1.54, 1.807) is 0 Å². The zero-order valence-electron chi connectivity index (χ0n) is 11.0. The van der Waals surface area contributed by atoms with E-state index in [9.17, 15) is 4.79 Å². The molecule has 0 saturated carbocycles. The summed E-state index contributed by atoms with van der Waals surface area (Å²) in [6.45, 7) is 0.649. The van der Waals surface area contributed by atoms with Crippen LogP contribution in [0.5, 0.6) is 12.0 Å². The molecule has 1 rings (SSSR count). The molecule has 0 aliphatic carbocycles. The second kappa shape index (κ2) is 8.06. The average Bonchev–Trinajstić information content (AvgIpc) is 2.41. The van der Waals surface area contributed by atoms with E-state index in [4.69, 9.17) is 14.6 Å². The summed E-state index contributed by atoms with van der Waals surface area (Å²) in [6, 6.07) is 0.362. The standard InChI is InChI=1S/C11H18N4O4/c1-18-10-13-9(14-11(15-10)19-2)12-7-5-3-4-6-8(16)17/h3-7H2,1-2H3,(H,16,17)(H,12,13,14,15). The number of anilines is 1. The number of rotatable bonds is 9. The van der Waals surface area contributed by atoms with Crippen molar-refractivity contribution in [2.45, 2.75) is 25.7 Å². The highest BCUT2D eigenvalue weighted by atomic mass is 16.5. The molecule has 8 nitrogen and oxygen atoms in total. The fraction of sp³-hybridized carbons (Fsp3) is 0.636. The van der Waals surface area contributed by atoms with Crippen molar-refractivity contribution in [1.82, 2.24) is 15.0 Å². The number of hydrogen-bond acceptors (Lipinski definition) is 7. The molecule has 0 amide bonds. The number of nitrogens with zero attached hydrogens (tertiary/aromatic N) is 3. The quantitative estimate of drug-likeness (QED) is 0.639. The maximum Gasteiger partial charge on any atom is 0.324 e. The highest BCUT2D eigenvalue weighted by Gasteiger charge is 2.06. The Bertz CT molecular complexity index is 391. The number of carboxylic acids is 1. The molecular formula is C11H18N4O4. The third-order valence-electron chi connectivity index (χ3n) is 2.31. The molecule has 0 aromatic carbocycles. The van der Waals surface area contributed by atoms with Crippen LogP contribution in [-0.4, -0.2) is 46.8 Å². The van der Waals surface area contributed by atoms with Crippen molar-refractivity contribution in [2.24, 2.45) is 0 Å². The van der Waals surface area contributed by atoms with Gasteiger partial charge in [-0.25, -0.2) is 0 Å². The summed E-state index contributed by atoms with van der Waals surface area (Å²) in [7, 11) is 2.93. The van der Waals surface area contributed by atoms with Gasteiger partial charge in [0.2, 0.25) is 5.95 Å². The lowest BCUT2D eigenvalue weighted by molar-refractivity contribution is -0.137. The number of aromatic nitrogens is 3. The maximum absolute atomic E-state index is 10.3. The molecule has 0 atom stereocenters. The Morgan fingerprint density at radius 2 is 1.74 bits per heavy atom. The second-order valence-corrected chi connectivity index (χ2v) is 3.76. The highest BCUT2D eigenvalue weighted by Crippen LogP contribution is 2.12. The zero-order chi connectivity index (χ0) is 14.1. The molecule has 0 aliphatic heterocycles. The van der Waals surface area contributed by atoms with E-state index in [1.807, 2.05) is 0 Å². The first-order valence-corrected chi connectivity index (χ1v) is 5.95. The van der Waals surface area contributed by atoms with E-state index >= 15 is 0 Å². The number of ether oxygens (including phenoxy) is 2. The monoisotopic (exact) mass is 270 g/mol. The van der Waals surface area contributed by atoms with Crippen LogP contribution in [0.4, 0.5) is 5.95 Å². The zero-order valence-corrected chi connectivity index (χ0v) is 11.0. The molecule has 0 unspecified atom stereocenters. The minimum atomic E-state index is -0.764. The van der Waals surface area contributed by atoms with E-state index in [1.165, 1.54) is 14.2 Å². The number of carbonyl (C=O) groups is 1. The molecular weight excluding hydrogens is 252 g/mol. The lowest BCUT2D eigenvalue weighted by Gasteiger charge is -2.07. The van der Waals surface area contributed by atoms with Gasteiger partial charge >= 0.3 is 18.0 Å². The molecule has 0 radical (unpaired) electrons. The average molecular weight is 270 g/mol. The van der Waals surface area contributed by atoms with E-state index < -0.39 is 5.97 Å². The number of unbranched alkanes of at least 4 members (excludes halogenated alkanes) is 2. The van der Waals surface area contributed by atoms with Crippen molar-refractivity contribution in [1.29, 1.82) is 0 Å². The molecule has 0 aliphatic rings. The van der Waals surface area contributed by atoms with Crippen molar-refractivity contribution < 1.29 is 19.4 Å². The Morgan fingerprint density at radius 3 is 2.26 bits per heavy atom. The molecule has 0 spiro atoms. The van der Waals surface area contributed by atoms with Crippen molar-refractivity contribution in [3.8, 4) is 12.0 Å². The van der Waals surface area contributed by atoms with Gasteiger partial charge in [-0.2, -0.15) is 9.97 Å². The number of methoxy groups -OCH3 is 2. The molecule has 1 aromatic heterocycles. The van der Waals surface area contributed by atoms with Crippen LogP contribution in [0.15, 0.2) is 0 Å². The Labute approximate surface area is 111 Å². The van der Waals surface area contributed by atoms with Crippen molar-refractivity contribution in [3.05, 3.63) is 0 Å². The van der Waals surface area contributed by atoms with Crippen molar-refractivity contribution in [2.75, 3.05) is 26.1 Å². The van der Waals surface area contributed by atoms with Gasteiger partial charge in [0.1, 0.15) is 0 Å². The van der Waals surface area contributed by atoms with Crippen molar-refractivity contribution >= 4 is 11.9 Å². The Balaban J connectivity index is 2.34. The maximum atomic E-state index is 10.3. The number of hydrogen-bond donors (Lipinski definition) is 2. The van der Waals surface area contributed by atoms with Gasteiger partial charge in [-0.1, -0.05) is 6.42 Å². The van der Waals surface area contributed by atoms with Crippen LogP contribution >= 0.6 is 0 Å². The van der Waals surface area contributed by atoms with Gasteiger partial charge in [-0.15, -0.1) is 4.98 Å². The third-order valence-corrected chi connectivity index (χ3v) is 2.31. The van der Waals surface area contributed by atoms with Crippen LogP contribution in [0, 0.1) is 0 Å². The summed E-state index contributed by atoms with van der Waals surface area (Å²) < 4.78 is 9.84. The van der Waals surface area contributed by atoms with Crippen molar-refractivity contribution in [3.63, 3.8) is 0 Å². The topological polar surface area (TPSA) is 106 Å². The predicted octanol–water partition coefficient (Wildman–Crippen LogP) is 0.946. The van der Waals surface area contributed by atoms with Gasteiger partial charge in [0.15, 0.2) is 0 Å². The van der Waals surface area contributed by atoms with Crippen LogP contribution in [-0.2, 0) is 4.79 Å². The van der Waals surface area contributed by atoms with E-state index in [2.05, 4.69) is 20.3 Å². The fourth-order valence-electron chi connectivity index (χ4n) is 1.38. The van der Waals surface area contributed by atoms with Crippen LogP contribution in [0.3, 0.4) is 0 Å². The third kappa shape index (κ3) is 5.84. The summed E-state index contributed by atoms with van der Waals surface area (Å²) in [4.78, 5) is 22.2. The van der Waals surface area contributed by atoms with E-state index in [0.29, 0.717) is 18.9 Å². The summed E-state index contributed by atoms with van der Waals surface area (Å²) in [5.74, 6) is -0.387. The molecule has 0 fully saturated rings. The van der Waals surface area contributed by atoms with Crippen LogP contribution < -0.4 is 14.8 Å². The summed E-state index contributed by atoms with van der Waals surface area (Å²) >= 11 is 0. The molecule has 1 heterocycles. The minimum Gasteiger partial charge on any atom is -0.481 e. The fourth-order valence-corrected chi connectivity index (χ4v) is 1.38. The summed E-state index contributed by atoms with van der Waals surface area (Å²) in [5, 5.41) is 11.5. The van der Waals surface area contributed by atoms with Crippen LogP contribution in [0.1, 0.15) is 25.7 Å². The Morgan fingerprint density at radius 1 is 1.11 bits per heavy atom. The lowest BCUT2D eigenvalue weighted by Crippen LogP contribution is -2.08.